The van der Waals surface area contributed by atoms with Gasteiger partial charge in [0.2, 0.25) is 0 Å². The molecule has 1 aliphatic heterocycles. The quantitative estimate of drug-likeness (QED) is 0.615. The van der Waals surface area contributed by atoms with E-state index in [1.54, 1.807) is 31.1 Å². The topological polar surface area (TPSA) is 61.4 Å². The Morgan fingerprint density at radius 3 is 2.19 bits per heavy atom. The van der Waals surface area contributed by atoms with Crippen molar-refractivity contribution in [3.63, 3.8) is 0 Å². The van der Waals surface area contributed by atoms with Gasteiger partial charge >= 0.3 is 0 Å². The van der Waals surface area contributed by atoms with Crippen molar-refractivity contribution in [3.05, 3.63) is 101 Å². The predicted octanol–water partition coefficient (Wildman–Crippen LogP) is 4.65. The summed E-state index contributed by atoms with van der Waals surface area (Å²) in [6, 6.07) is 25.3. The van der Waals surface area contributed by atoms with Crippen molar-refractivity contribution in [1.29, 1.82) is 0 Å². The summed E-state index contributed by atoms with van der Waals surface area (Å²) in [6.45, 7) is 2.10. The zero-order chi connectivity index (χ0) is 22.0. The maximum absolute atomic E-state index is 13.4. The zero-order valence-electron chi connectivity index (χ0n) is 17.8. The maximum Gasteiger partial charge on any atom is 0.274 e. The van der Waals surface area contributed by atoms with Crippen LogP contribution in [0.3, 0.4) is 0 Å². The van der Waals surface area contributed by atoms with Crippen LogP contribution in [0.2, 0.25) is 0 Å². The molecule has 1 atom stereocenters. The number of amides is 2. The molecule has 156 valence electrons. The van der Waals surface area contributed by atoms with Crippen molar-refractivity contribution in [3.8, 4) is 0 Å². The molecule has 5 nitrogen and oxygen atoms in total. The second-order valence-corrected chi connectivity index (χ2v) is 7.58. The Hall–Kier alpha value is -3.86. The van der Waals surface area contributed by atoms with Gasteiger partial charge in [0.15, 0.2) is 0 Å². The number of likely N-dealkylation sites (N-methyl/N-ethyl adjacent to an activating group) is 1. The van der Waals surface area contributed by atoms with Gasteiger partial charge in [0.1, 0.15) is 5.70 Å². The van der Waals surface area contributed by atoms with Crippen LogP contribution in [0.25, 0.3) is 5.57 Å². The number of fused-ring (bicyclic) bond motifs is 1. The number of carbonyl (C=O) groups is 2. The monoisotopic (exact) mass is 411 g/mol. The summed E-state index contributed by atoms with van der Waals surface area (Å²) < 4.78 is 0. The van der Waals surface area contributed by atoms with Crippen molar-refractivity contribution in [2.45, 2.75) is 12.8 Å². The number of anilines is 2. The van der Waals surface area contributed by atoms with E-state index in [2.05, 4.69) is 29.7 Å². The fourth-order valence-electron chi connectivity index (χ4n) is 3.98. The smallest absolute Gasteiger partial charge is 0.274 e. The van der Waals surface area contributed by atoms with E-state index in [-0.39, 0.29) is 17.7 Å². The van der Waals surface area contributed by atoms with Gasteiger partial charge in [-0.3, -0.25) is 9.59 Å². The predicted molar refractivity (Wildman–Crippen MR) is 125 cm³/mol. The summed E-state index contributed by atoms with van der Waals surface area (Å²) >= 11 is 0. The van der Waals surface area contributed by atoms with E-state index in [0.29, 0.717) is 11.3 Å². The molecule has 0 bridgehead atoms. The molecule has 2 N–H and O–H groups in total. The molecule has 0 aromatic heterocycles. The van der Waals surface area contributed by atoms with Gasteiger partial charge in [0.25, 0.3) is 11.8 Å². The first kappa shape index (κ1) is 20.4. The summed E-state index contributed by atoms with van der Waals surface area (Å²) in [5, 5.41) is 6.03. The molecule has 1 unspecified atom stereocenters. The fourth-order valence-corrected chi connectivity index (χ4v) is 3.98. The van der Waals surface area contributed by atoms with Gasteiger partial charge in [-0.25, -0.2) is 0 Å². The van der Waals surface area contributed by atoms with Gasteiger partial charge in [-0.2, -0.15) is 0 Å². The highest BCUT2D eigenvalue weighted by atomic mass is 16.2. The van der Waals surface area contributed by atoms with Gasteiger partial charge in [0, 0.05) is 25.6 Å². The minimum absolute atomic E-state index is 0.0443. The molecular formula is C26H25N3O2. The van der Waals surface area contributed by atoms with Crippen LogP contribution < -0.4 is 15.5 Å². The first-order valence-electron chi connectivity index (χ1n) is 10.3. The molecule has 0 spiro atoms. The Morgan fingerprint density at radius 2 is 1.52 bits per heavy atom. The molecule has 0 saturated heterocycles. The molecule has 5 heteroatoms. The van der Waals surface area contributed by atoms with Crippen molar-refractivity contribution in [1.82, 2.24) is 5.32 Å². The Bertz CT molecular complexity index is 1150. The normalized spacial score (nSPS) is 15.6. The Kier molecular flexibility index (Phi) is 5.58. The molecular weight excluding hydrogens is 386 g/mol. The molecule has 1 aliphatic rings. The van der Waals surface area contributed by atoms with Gasteiger partial charge in [-0.15, -0.1) is 0 Å². The zero-order valence-corrected chi connectivity index (χ0v) is 17.8. The first-order valence-corrected chi connectivity index (χ1v) is 10.3. The average molecular weight is 412 g/mol. The second-order valence-electron chi connectivity index (χ2n) is 7.58. The number of para-hydroxylation sites is 2. The van der Waals surface area contributed by atoms with E-state index in [9.17, 15) is 9.59 Å². The van der Waals surface area contributed by atoms with Gasteiger partial charge in [-0.05, 0) is 41.0 Å². The summed E-state index contributed by atoms with van der Waals surface area (Å²) in [6.07, 6.45) is 0. The number of rotatable bonds is 4. The third-order valence-corrected chi connectivity index (χ3v) is 5.73. The SMILES string of the molecule is CNC(=O)c1ccc(C(=C2Nc3ccccc3N(C)C2=O)C(C)c2ccccc2)cc1. The molecule has 2 amide bonds. The lowest BCUT2D eigenvalue weighted by molar-refractivity contribution is -0.114. The standard InChI is InChI=1S/C26H25N3O2/c1-17(18-9-5-4-6-10-18)23(19-13-15-20(16-14-19)25(30)27-2)24-26(31)29(3)22-12-8-7-11-21(22)28-24/h4-17,28H,1-3H3,(H,27,30). The molecule has 0 saturated carbocycles. The highest BCUT2D eigenvalue weighted by Gasteiger charge is 2.30. The van der Waals surface area contributed by atoms with E-state index in [1.807, 2.05) is 54.6 Å². The number of nitrogens with zero attached hydrogens (tertiary/aromatic N) is 1. The van der Waals surface area contributed by atoms with Crippen LogP contribution in [0.1, 0.15) is 34.3 Å². The van der Waals surface area contributed by atoms with Crippen molar-refractivity contribution >= 4 is 28.8 Å². The molecule has 1 heterocycles. The van der Waals surface area contributed by atoms with Crippen LogP contribution in [0.15, 0.2) is 84.6 Å². The third-order valence-electron chi connectivity index (χ3n) is 5.73. The third kappa shape index (κ3) is 3.82. The number of carbonyl (C=O) groups excluding carboxylic acids is 2. The lowest BCUT2D eigenvalue weighted by atomic mass is 9.85. The number of hydrogen-bond donors (Lipinski definition) is 2. The molecule has 4 rings (SSSR count). The highest BCUT2D eigenvalue weighted by molar-refractivity contribution is 6.16. The van der Waals surface area contributed by atoms with Crippen LogP contribution >= 0.6 is 0 Å². The molecule has 0 radical (unpaired) electrons. The minimum atomic E-state index is -0.141. The number of nitrogens with one attached hydrogen (secondary N) is 2. The number of benzene rings is 3. The lowest BCUT2D eigenvalue weighted by Gasteiger charge is -2.32. The van der Waals surface area contributed by atoms with E-state index in [1.165, 1.54) is 0 Å². The van der Waals surface area contributed by atoms with Crippen LogP contribution in [0.5, 0.6) is 0 Å². The summed E-state index contributed by atoms with van der Waals surface area (Å²) in [5.41, 5.74) is 5.75. The average Bonchev–Trinajstić information content (AvgIpc) is 2.82. The molecule has 0 fully saturated rings. The number of hydrogen-bond acceptors (Lipinski definition) is 3. The molecule has 3 aromatic rings. The van der Waals surface area contributed by atoms with Crippen LogP contribution in [0.4, 0.5) is 11.4 Å². The van der Waals surface area contributed by atoms with E-state index < -0.39 is 0 Å². The first-order chi connectivity index (χ1) is 15.0. The molecule has 3 aromatic carbocycles. The lowest BCUT2D eigenvalue weighted by Crippen LogP contribution is -2.36. The van der Waals surface area contributed by atoms with Crippen LogP contribution in [-0.4, -0.2) is 25.9 Å². The van der Waals surface area contributed by atoms with E-state index in [0.717, 1.165) is 28.1 Å². The second kappa shape index (κ2) is 8.48. The molecule has 0 aliphatic carbocycles. The largest absolute Gasteiger partial charge is 0.355 e. The Morgan fingerprint density at radius 1 is 0.903 bits per heavy atom. The van der Waals surface area contributed by atoms with Crippen LogP contribution in [-0.2, 0) is 4.79 Å². The van der Waals surface area contributed by atoms with E-state index in [4.69, 9.17) is 0 Å². The highest BCUT2D eigenvalue weighted by Crippen LogP contribution is 2.39. The summed E-state index contributed by atoms with van der Waals surface area (Å²) in [5.74, 6) is -0.276. The van der Waals surface area contributed by atoms with Gasteiger partial charge in [-0.1, -0.05) is 61.5 Å². The Labute approximate surface area is 182 Å². The van der Waals surface area contributed by atoms with Crippen LogP contribution in [0, 0.1) is 0 Å². The minimum Gasteiger partial charge on any atom is -0.355 e. The fraction of sp³-hybridized carbons (Fsp3) is 0.154. The van der Waals surface area contributed by atoms with E-state index >= 15 is 0 Å². The number of allylic oxidation sites excluding steroid dienone is 1. The molecule has 31 heavy (non-hydrogen) atoms. The van der Waals surface area contributed by atoms with Gasteiger partial charge < -0.3 is 15.5 Å². The van der Waals surface area contributed by atoms with Gasteiger partial charge in [0.05, 0.1) is 11.4 Å². The van der Waals surface area contributed by atoms with Crippen molar-refractivity contribution in [2.75, 3.05) is 24.3 Å². The Balaban J connectivity index is 1.89. The van der Waals surface area contributed by atoms with Crippen molar-refractivity contribution in [2.24, 2.45) is 0 Å². The van der Waals surface area contributed by atoms with Crippen molar-refractivity contribution < 1.29 is 9.59 Å². The summed E-state index contributed by atoms with van der Waals surface area (Å²) in [4.78, 5) is 27.1. The maximum atomic E-state index is 13.4. The summed E-state index contributed by atoms with van der Waals surface area (Å²) in [7, 11) is 3.40.